The Balaban J connectivity index is 1.85. The topological polar surface area (TPSA) is 58.2 Å². The third kappa shape index (κ3) is 3.05. The van der Waals surface area contributed by atoms with Crippen molar-refractivity contribution in [2.75, 3.05) is 12.0 Å². The van der Waals surface area contributed by atoms with Gasteiger partial charge < -0.3 is 4.74 Å². The first-order chi connectivity index (χ1) is 13.5. The van der Waals surface area contributed by atoms with E-state index in [0.717, 1.165) is 34.7 Å². The third-order valence-electron chi connectivity index (χ3n) is 4.99. The molecule has 144 valence electrons. The van der Waals surface area contributed by atoms with Gasteiger partial charge in [-0.25, -0.2) is 4.39 Å². The highest BCUT2D eigenvalue weighted by Crippen LogP contribution is 2.43. The molecule has 1 aliphatic heterocycles. The van der Waals surface area contributed by atoms with Crippen LogP contribution in [0.3, 0.4) is 0 Å². The quantitative estimate of drug-likeness (QED) is 0.710. The minimum atomic E-state index is -0.357. The molecule has 0 radical (unpaired) electrons. The Kier molecular flexibility index (Phi) is 4.63. The first-order valence-electron chi connectivity index (χ1n) is 9.29. The van der Waals surface area contributed by atoms with Crippen LogP contribution >= 0.6 is 0 Å². The SMILES string of the molecule is COc1ccc(N2C(=O)c3[nH]nc(CC(C)C)c3[C@@H]2c2ccc(F)cc2)cc1. The summed E-state index contributed by atoms with van der Waals surface area (Å²) in [6.45, 7) is 4.23. The van der Waals surface area contributed by atoms with E-state index in [-0.39, 0.29) is 17.8 Å². The molecule has 2 aromatic carbocycles. The highest BCUT2D eigenvalue weighted by Gasteiger charge is 2.42. The lowest BCUT2D eigenvalue weighted by Gasteiger charge is -2.26. The largest absolute Gasteiger partial charge is 0.497 e. The highest BCUT2D eigenvalue weighted by molar-refractivity contribution is 6.10. The van der Waals surface area contributed by atoms with Crippen molar-refractivity contribution in [1.82, 2.24) is 10.2 Å². The van der Waals surface area contributed by atoms with Gasteiger partial charge in [-0.2, -0.15) is 5.10 Å². The van der Waals surface area contributed by atoms with E-state index in [1.807, 2.05) is 24.3 Å². The molecule has 2 heterocycles. The summed E-state index contributed by atoms with van der Waals surface area (Å²) in [6.07, 6.45) is 0.757. The van der Waals surface area contributed by atoms with E-state index in [9.17, 15) is 9.18 Å². The van der Waals surface area contributed by atoms with Gasteiger partial charge in [-0.15, -0.1) is 0 Å². The maximum Gasteiger partial charge on any atom is 0.277 e. The number of halogens is 1. The van der Waals surface area contributed by atoms with Gasteiger partial charge in [0.15, 0.2) is 0 Å². The Labute approximate surface area is 163 Å². The van der Waals surface area contributed by atoms with Gasteiger partial charge in [0.25, 0.3) is 5.91 Å². The number of H-pyrrole nitrogens is 1. The number of nitrogens with zero attached hydrogens (tertiary/aromatic N) is 2. The van der Waals surface area contributed by atoms with Crippen molar-refractivity contribution in [2.24, 2.45) is 5.92 Å². The second kappa shape index (κ2) is 7.11. The van der Waals surface area contributed by atoms with Gasteiger partial charge in [-0.1, -0.05) is 26.0 Å². The average Bonchev–Trinajstić information content (AvgIpc) is 3.21. The van der Waals surface area contributed by atoms with Crippen LogP contribution in [0.5, 0.6) is 5.75 Å². The standard InChI is InChI=1S/C22H22FN3O2/c1-13(2)12-18-19-20(25-24-18)22(27)26(16-8-10-17(28-3)11-9-16)21(19)14-4-6-15(23)7-5-14/h4-11,13,21H,12H2,1-3H3,(H,24,25)/t21-/m0/s1. The van der Waals surface area contributed by atoms with Crippen molar-refractivity contribution in [3.8, 4) is 5.75 Å². The van der Waals surface area contributed by atoms with E-state index in [1.165, 1.54) is 12.1 Å². The van der Waals surface area contributed by atoms with Crippen molar-refractivity contribution in [2.45, 2.75) is 26.3 Å². The minimum absolute atomic E-state index is 0.142. The molecule has 0 bridgehead atoms. The second-order valence-corrected chi connectivity index (χ2v) is 7.38. The Hall–Kier alpha value is -3.15. The summed E-state index contributed by atoms with van der Waals surface area (Å²) in [7, 11) is 1.60. The predicted octanol–water partition coefficient (Wildman–Crippen LogP) is 4.51. The lowest BCUT2D eigenvalue weighted by Crippen LogP contribution is -2.29. The summed E-state index contributed by atoms with van der Waals surface area (Å²) in [4.78, 5) is 15.0. The van der Waals surface area contributed by atoms with E-state index < -0.39 is 0 Å². The zero-order valence-corrected chi connectivity index (χ0v) is 16.1. The summed E-state index contributed by atoms with van der Waals surface area (Å²) in [6, 6.07) is 13.3. The Morgan fingerprint density at radius 3 is 2.43 bits per heavy atom. The van der Waals surface area contributed by atoms with E-state index in [1.54, 1.807) is 24.1 Å². The number of carbonyl (C=O) groups is 1. The van der Waals surface area contributed by atoms with Gasteiger partial charge in [-0.3, -0.25) is 14.8 Å². The Morgan fingerprint density at radius 1 is 1.14 bits per heavy atom. The van der Waals surface area contributed by atoms with Crippen LogP contribution in [0.2, 0.25) is 0 Å². The first kappa shape index (κ1) is 18.2. The molecule has 1 aliphatic rings. The molecular weight excluding hydrogens is 357 g/mol. The first-order valence-corrected chi connectivity index (χ1v) is 9.29. The molecule has 5 nitrogen and oxygen atoms in total. The normalized spacial score (nSPS) is 16.0. The molecule has 1 atom stereocenters. The smallest absolute Gasteiger partial charge is 0.277 e. The summed E-state index contributed by atoms with van der Waals surface area (Å²) >= 11 is 0. The number of aromatic nitrogens is 2. The molecule has 28 heavy (non-hydrogen) atoms. The number of anilines is 1. The Morgan fingerprint density at radius 2 is 1.82 bits per heavy atom. The molecule has 4 rings (SSSR count). The van der Waals surface area contributed by atoms with Crippen LogP contribution in [0.4, 0.5) is 10.1 Å². The predicted molar refractivity (Wildman–Crippen MR) is 105 cm³/mol. The zero-order valence-electron chi connectivity index (χ0n) is 16.1. The summed E-state index contributed by atoms with van der Waals surface area (Å²) in [5.41, 5.74) is 3.85. The molecule has 1 amide bonds. The number of benzene rings is 2. The summed E-state index contributed by atoms with van der Waals surface area (Å²) in [5, 5.41) is 7.35. The maximum absolute atomic E-state index is 13.5. The third-order valence-corrected chi connectivity index (χ3v) is 4.99. The van der Waals surface area contributed by atoms with Crippen LogP contribution in [-0.2, 0) is 6.42 Å². The maximum atomic E-state index is 13.5. The molecule has 6 heteroatoms. The van der Waals surface area contributed by atoms with Crippen molar-refractivity contribution in [3.63, 3.8) is 0 Å². The molecule has 0 unspecified atom stereocenters. The number of methoxy groups -OCH3 is 1. The van der Waals surface area contributed by atoms with Gasteiger partial charge in [-0.05, 0) is 54.3 Å². The van der Waals surface area contributed by atoms with Crippen LogP contribution in [0.15, 0.2) is 48.5 Å². The zero-order chi connectivity index (χ0) is 19.8. The van der Waals surface area contributed by atoms with Crippen molar-refractivity contribution < 1.29 is 13.9 Å². The van der Waals surface area contributed by atoms with Gasteiger partial charge in [0.05, 0.1) is 18.8 Å². The second-order valence-electron chi connectivity index (χ2n) is 7.38. The number of ether oxygens (including phenoxy) is 1. The highest BCUT2D eigenvalue weighted by atomic mass is 19.1. The Bertz CT molecular complexity index is 994. The summed E-state index contributed by atoms with van der Waals surface area (Å²) in [5.74, 6) is 0.664. The molecule has 0 fully saturated rings. The minimum Gasteiger partial charge on any atom is -0.497 e. The number of carbonyl (C=O) groups excluding carboxylic acids is 1. The molecule has 1 aromatic heterocycles. The van der Waals surface area contributed by atoms with E-state index in [4.69, 9.17) is 4.74 Å². The van der Waals surface area contributed by atoms with E-state index in [2.05, 4.69) is 24.0 Å². The summed E-state index contributed by atoms with van der Waals surface area (Å²) < 4.78 is 18.8. The lowest BCUT2D eigenvalue weighted by molar-refractivity contribution is 0.0988. The van der Waals surface area contributed by atoms with Crippen LogP contribution in [0, 0.1) is 11.7 Å². The number of nitrogens with one attached hydrogen (secondary N) is 1. The van der Waals surface area contributed by atoms with Gasteiger partial charge >= 0.3 is 0 Å². The van der Waals surface area contributed by atoms with Crippen LogP contribution < -0.4 is 9.64 Å². The van der Waals surface area contributed by atoms with Crippen molar-refractivity contribution in [1.29, 1.82) is 0 Å². The molecule has 0 saturated carbocycles. The van der Waals surface area contributed by atoms with Crippen molar-refractivity contribution >= 4 is 11.6 Å². The molecule has 1 N–H and O–H groups in total. The van der Waals surface area contributed by atoms with E-state index in [0.29, 0.717) is 11.6 Å². The fourth-order valence-electron chi connectivity index (χ4n) is 3.72. The molecule has 0 aliphatic carbocycles. The van der Waals surface area contributed by atoms with Crippen LogP contribution in [0.1, 0.15) is 47.2 Å². The van der Waals surface area contributed by atoms with Gasteiger partial charge in [0, 0.05) is 11.3 Å². The van der Waals surface area contributed by atoms with Gasteiger partial charge in [0.2, 0.25) is 0 Å². The fourth-order valence-corrected chi connectivity index (χ4v) is 3.72. The fraction of sp³-hybridized carbons (Fsp3) is 0.273. The monoisotopic (exact) mass is 379 g/mol. The van der Waals surface area contributed by atoms with Crippen molar-refractivity contribution in [3.05, 3.63) is 76.9 Å². The van der Waals surface area contributed by atoms with Gasteiger partial charge in [0.1, 0.15) is 17.3 Å². The number of amides is 1. The lowest BCUT2D eigenvalue weighted by atomic mass is 9.95. The number of hydrogen-bond donors (Lipinski definition) is 1. The molecule has 3 aromatic rings. The van der Waals surface area contributed by atoms with E-state index >= 15 is 0 Å². The molecule has 0 spiro atoms. The number of aromatic amines is 1. The number of rotatable bonds is 5. The average molecular weight is 379 g/mol. The number of fused-ring (bicyclic) bond motifs is 1. The molecular formula is C22H22FN3O2. The molecule has 0 saturated heterocycles. The van der Waals surface area contributed by atoms with Crippen LogP contribution in [0.25, 0.3) is 0 Å². The number of hydrogen-bond acceptors (Lipinski definition) is 3. The van der Waals surface area contributed by atoms with Crippen LogP contribution in [-0.4, -0.2) is 23.2 Å².